The van der Waals surface area contributed by atoms with Gasteiger partial charge in [-0.1, -0.05) is 36.4 Å². The maximum Gasteiger partial charge on any atom is 0.106 e. The summed E-state index contributed by atoms with van der Waals surface area (Å²) in [5.74, 6) is 0.0173. The standard InChI is InChI=1S/C12H15ClO2/c1-8(2)9-3-5-10(6-4-9)12(15)11(14)7-13/h3-6,11-12,14-15H,1,7H2,2H3. The van der Waals surface area contributed by atoms with Crippen molar-refractivity contribution in [1.82, 2.24) is 0 Å². The van der Waals surface area contributed by atoms with Gasteiger partial charge in [-0.05, 0) is 18.1 Å². The van der Waals surface area contributed by atoms with Crippen LogP contribution in [0.2, 0.25) is 0 Å². The van der Waals surface area contributed by atoms with Crippen LogP contribution in [-0.4, -0.2) is 22.2 Å². The van der Waals surface area contributed by atoms with Gasteiger partial charge in [-0.2, -0.15) is 0 Å². The molecule has 2 atom stereocenters. The number of benzene rings is 1. The van der Waals surface area contributed by atoms with Crippen molar-refractivity contribution in [2.45, 2.75) is 19.1 Å². The summed E-state index contributed by atoms with van der Waals surface area (Å²) >= 11 is 5.45. The van der Waals surface area contributed by atoms with E-state index in [0.29, 0.717) is 5.56 Å². The Morgan fingerprint density at radius 3 is 2.27 bits per heavy atom. The van der Waals surface area contributed by atoms with Crippen molar-refractivity contribution in [3.05, 3.63) is 42.0 Å². The molecule has 0 radical (unpaired) electrons. The zero-order valence-electron chi connectivity index (χ0n) is 8.65. The fraction of sp³-hybridized carbons (Fsp3) is 0.333. The molecule has 0 saturated heterocycles. The van der Waals surface area contributed by atoms with Gasteiger partial charge < -0.3 is 10.2 Å². The predicted octanol–water partition coefficient (Wildman–Crippen LogP) is 2.35. The van der Waals surface area contributed by atoms with Crippen LogP contribution in [0.5, 0.6) is 0 Å². The van der Waals surface area contributed by atoms with Crippen LogP contribution in [0.15, 0.2) is 30.8 Å². The second-order valence-corrected chi connectivity index (χ2v) is 3.88. The molecule has 2 N–H and O–H groups in total. The van der Waals surface area contributed by atoms with Gasteiger partial charge in [0.05, 0.1) is 12.0 Å². The van der Waals surface area contributed by atoms with Gasteiger partial charge in [-0.15, -0.1) is 11.6 Å². The number of aliphatic hydroxyl groups excluding tert-OH is 2. The third-order valence-electron chi connectivity index (χ3n) is 2.27. The van der Waals surface area contributed by atoms with E-state index in [2.05, 4.69) is 6.58 Å². The van der Waals surface area contributed by atoms with Gasteiger partial charge in [0.2, 0.25) is 0 Å². The smallest absolute Gasteiger partial charge is 0.106 e. The first-order valence-electron chi connectivity index (χ1n) is 4.74. The predicted molar refractivity (Wildman–Crippen MR) is 62.8 cm³/mol. The largest absolute Gasteiger partial charge is 0.389 e. The molecule has 2 nitrogen and oxygen atoms in total. The minimum atomic E-state index is -0.929. The number of allylic oxidation sites excluding steroid dienone is 1. The molecular formula is C12H15ClO2. The molecule has 2 unspecified atom stereocenters. The average Bonchev–Trinajstić information content (AvgIpc) is 2.27. The Morgan fingerprint density at radius 2 is 1.87 bits per heavy atom. The fourth-order valence-corrected chi connectivity index (χ4v) is 1.44. The first-order valence-corrected chi connectivity index (χ1v) is 5.27. The molecule has 1 rings (SSSR count). The molecule has 0 amide bonds. The maximum atomic E-state index is 9.66. The van der Waals surface area contributed by atoms with E-state index in [1.165, 1.54) is 0 Å². The molecule has 0 saturated carbocycles. The van der Waals surface area contributed by atoms with Gasteiger partial charge in [0.15, 0.2) is 0 Å². The van der Waals surface area contributed by atoms with E-state index in [4.69, 9.17) is 11.6 Å². The summed E-state index contributed by atoms with van der Waals surface area (Å²) < 4.78 is 0. The SMILES string of the molecule is C=C(C)c1ccc(C(O)C(O)CCl)cc1. The minimum absolute atomic E-state index is 0.0173. The molecule has 0 fully saturated rings. The normalized spacial score (nSPS) is 14.7. The molecule has 0 aliphatic carbocycles. The summed E-state index contributed by atoms with van der Waals surface area (Å²) in [6.45, 7) is 5.73. The lowest BCUT2D eigenvalue weighted by Crippen LogP contribution is -2.19. The minimum Gasteiger partial charge on any atom is -0.389 e. The number of rotatable bonds is 4. The monoisotopic (exact) mass is 226 g/mol. The van der Waals surface area contributed by atoms with Crippen molar-refractivity contribution in [3.63, 3.8) is 0 Å². The van der Waals surface area contributed by atoms with E-state index in [1.807, 2.05) is 19.1 Å². The number of aliphatic hydroxyl groups is 2. The third-order valence-corrected chi connectivity index (χ3v) is 2.58. The summed E-state index contributed by atoms with van der Waals surface area (Å²) in [6, 6.07) is 7.26. The summed E-state index contributed by atoms with van der Waals surface area (Å²) in [4.78, 5) is 0. The quantitative estimate of drug-likeness (QED) is 0.774. The van der Waals surface area contributed by atoms with Crippen molar-refractivity contribution >= 4 is 17.2 Å². The number of halogens is 1. The number of hydrogen-bond acceptors (Lipinski definition) is 2. The maximum absolute atomic E-state index is 9.66. The Balaban J connectivity index is 2.84. The van der Waals surface area contributed by atoms with E-state index in [9.17, 15) is 10.2 Å². The molecule has 0 aliphatic rings. The molecule has 82 valence electrons. The average molecular weight is 227 g/mol. The first kappa shape index (κ1) is 12.2. The van der Waals surface area contributed by atoms with Gasteiger partial charge in [0.1, 0.15) is 6.10 Å². The van der Waals surface area contributed by atoms with Gasteiger partial charge >= 0.3 is 0 Å². The molecule has 1 aromatic carbocycles. The summed E-state index contributed by atoms with van der Waals surface area (Å²) in [6.07, 6.45) is -1.86. The van der Waals surface area contributed by atoms with E-state index in [0.717, 1.165) is 11.1 Å². The van der Waals surface area contributed by atoms with Crippen molar-refractivity contribution < 1.29 is 10.2 Å². The van der Waals surface area contributed by atoms with Crippen LogP contribution in [0.3, 0.4) is 0 Å². The van der Waals surface area contributed by atoms with Crippen molar-refractivity contribution in [1.29, 1.82) is 0 Å². The first-order chi connectivity index (χ1) is 7.06. The lowest BCUT2D eigenvalue weighted by atomic mass is 10.0. The molecule has 0 bridgehead atoms. The second-order valence-electron chi connectivity index (χ2n) is 3.57. The van der Waals surface area contributed by atoms with E-state index >= 15 is 0 Å². The lowest BCUT2D eigenvalue weighted by Gasteiger charge is -2.15. The molecule has 0 heterocycles. The fourth-order valence-electron chi connectivity index (χ4n) is 1.27. The summed E-state index contributed by atoms with van der Waals surface area (Å²) in [5.41, 5.74) is 2.65. The number of hydrogen-bond donors (Lipinski definition) is 2. The van der Waals surface area contributed by atoms with Crippen LogP contribution >= 0.6 is 11.6 Å². The van der Waals surface area contributed by atoms with Crippen LogP contribution in [0.1, 0.15) is 24.2 Å². The van der Waals surface area contributed by atoms with Gasteiger partial charge in [0.25, 0.3) is 0 Å². The molecule has 15 heavy (non-hydrogen) atoms. The van der Waals surface area contributed by atoms with Crippen LogP contribution in [0.25, 0.3) is 5.57 Å². The Bertz CT molecular complexity index is 332. The Labute approximate surface area is 94.8 Å². The molecule has 1 aromatic rings. The van der Waals surface area contributed by atoms with Gasteiger partial charge in [-0.3, -0.25) is 0 Å². The molecule has 0 spiro atoms. The van der Waals surface area contributed by atoms with E-state index in [1.54, 1.807) is 12.1 Å². The molecule has 0 aliphatic heterocycles. The van der Waals surface area contributed by atoms with Crippen LogP contribution in [-0.2, 0) is 0 Å². The zero-order chi connectivity index (χ0) is 11.4. The number of alkyl halides is 1. The van der Waals surface area contributed by atoms with Gasteiger partial charge in [-0.25, -0.2) is 0 Å². The highest BCUT2D eigenvalue weighted by molar-refractivity contribution is 6.18. The van der Waals surface area contributed by atoms with Crippen LogP contribution < -0.4 is 0 Å². The Hall–Kier alpha value is -0.830. The Kier molecular flexibility index (Phi) is 4.33. The zero-order valence-corrected chi connectivity index (χ0v) is 9.41. The van der Waals surface area contributed by atoms with Crippen molar-refractivity contribution in [3.8, 4) is 0 Å². The van der Waals surface area contributed by atoms with E-state index < -0.39 is 12.2 Å². The lowest BCUT2D eigenvalue weighted by molar-refractivity contribution is 0.0327. The highest BCUT2D eigenvalue weighted by atomic mass is 35.5. The Morgan fingerprint density at radius 1 is 1.33 bits per heavy atom. The molecular weight excluding hydrogens is 212 g/mol. The topological polar surface area (TPSA) is 40.5 Å². The third kappa shape index (κ3) is 3.06. The highest BCUT2D eigenvalue weighted by Gasteiger charge is 2.16. The molecule has 0 aromatic heterocycles. The van der Waals surface area contributed by atoms with Crippen LogP contribution in [0, 0.1) is 0 Å². The molecule has 3 heteroatoms. The second kappa shape index (κ2) is 5.31. The summed E-state index contributed by atoms with van der Waals surface area (Å²) in [5, 5.41) is 19.0. The van der Waals surface area contributed by atoms with Crippen molar-refractivity contribution in [2.75, 3.05) is 5.88 Å². The summed E-state index contributed by atoms with van der Waals surface area (Å²) in [7, 11) is 0. The highest BCUT2D eigenvalue weighted by Crippen LogP contribution is 2.20. The van der Waals surface area contributed by atoms with Gasteiger partial charge in [0, 0.05) is 0 Å². The van der Waals surface area contributed by atoms with Crippen LogP contribution in [0.4, 0.5) is 0 Å². The van der Waals surface area contributed by atoms with E-state index in [-0.39, 0.29) is 5.88 Å². The van der Waals surface area contributed by atoms with Crippen molar-refractivity contribution in [2.24, 2.45) is 0 Å².